The van der Waals surface area contributed by atoms with Crippen molar-refractivity contribution in [2.75, 3.05) is 11.5 Å². The van der Waals surface area contributed by atoms with Gasteiger partial charge in [0, 0.05) is 0 Å². The third kappa shape index (κ3) is 2.47. The Labute approximate surface area is 122 Å². The maximum absolute atomic E-state index is 12.7. The van der Waals surface area contributed by atoms with Crippen molar-refractivity contribution in [1.29, 1.82) is 0 Å². The lowest BCUT2D eigenvalue weighted by atomic mass is 10.2. The van der Waals surface area contributed by atoms with Crippen molar-refractivity contribution in [3.05, 3.63) is 35.4 Å². The van der Waals surface area contributed by atoms with E-state index < -0.39 is 9.84 Å². The van der Waals surface area contributed by atoms with Gasteiger partial charge in [0.1, 0.15) is 11.5 Å². The van der Waals surface area contributed by atoms with Crippen molar-refractivity contribution in [2.24, 2.45) is 0 Å². The molecule has 0 aliphatic carbocycles. The molecule has 0 saturated heterocycles. The monoisotopic (exact) mass is 308 g/mol. The van der Waals surface area contributed by atoms with Gasteiger partial charge in [-0.2, -0.15) is 0 Å². The lowest BCUT2D eigenvalue weighted by Gasteiger charge is -2.13. The number of anilines is 2. The first-order valence-electron chi connectivity index (χ1n) is 6.08. The summed E-state index contributed by atoms with van der Waals surface area (Å²) in [5.74, 6) is -0.346. The summed E-state index contributed by atoms with van der Waals surface area (Å²) in [7, 11) is -3.86. The van der Waals surface area contributed by atoms with Crippen LogP contribution in [0.4, 0.5) is 11.4 Å². The Bertz CT molecular complexity index is 766. The van der Waals surface area contributed by atoms with Crippen LogP contribution in [0, 0.1) is 13.8 Å². The van der Waals surface area contributed by atoms with Gasteiger partial charge in [0.2, 0.25) is 9.84 Å². The number of phenols is 2. The van der Waals surface area contributed by atoms with E-state index in [0.717, 1.165) is 0 Å². The molecule has 0 atom stereocenters. The van der Waals surface area contributed by atoms with Gasteiger partial charge in [-0.3, -0.25) is 0 Å². The number of nitrogens with two attached hydrogens (primary N) is 2. The van der Waals surface area contributed by atoms with E-state index in [2.05, 4.69) is 0 Å². The Hall–Kier alpha value is -2.41. The van der Waals surface area contributed by atoms with E-state index in [-0.39, 0.29) is 32.7 Å². The zero-order chi connectivity index (χ0) is 15.9. The van der Waals surface area contributed by atoms with Crippen LogP contribution in [-0.4, -0.2) is 18.6 Å². The predicted molar refractivity (Wildman–Crippen MR) is 80.0 cm³/mol. The van der Waals surface area contributed by atoms with Gasteiger partial charge in [0.15, 0.2) is 0 Å². The van der Waals surface area contributed by atoms with Crippen LogP contribution in [0.2, 0.25) is 0 Å². The molecule has 0 aliphatic rings. The first kappa shape index (κ1) is 15.0. The third-order valence-corrected chi connectivity index (χ3v) is 5.27. The lowest BCUT2D eigenvalue weighted by Crippen LogP contribution is -2.08. The number of sulfone groups is 1. The molecule has 0 aliphatic heterocycles. The smallest absolute Gasteiger partial charge is 0.207 e. The van der Waals surface area contributed by atoms with Gasteiger partial charge in [0.25, 0.3) is 0 Å². The molecular weight excluding hydrogens is 292 g/mol. The Kier molecular flexibility index (Phi) is 3.46. The van der Waals surface area contributed by atoms with Crippen LogP contribution in [0.25, 0.3) is 0 Å². The van der Waals surface area contributed by atoms with Gasteiger partial charge in [-0.15, -0.1) is 0 Å². The molecule has 0 unspecified atom stereocenters. The normalized spacial score (nSPS) is 11.5. The summed E-state index contributed by atoms with van der Waals surface area (Å²) in [5.41, 5.74) is 11.8. The minimum Gasteiger partial charge on any atom is -0.506 e. The van der Waals surface area contributed by atoms with Gasteiger partial charge in [-0.25, -0.2) is 8.42 Å². The quantitative estimate of drug-likeness (QED) is 0.494. The molecule has 6 N–H and O–H groups in total. The van der Waals surface area contributed by atoms with E-state index in [9.17, 15) is 18.6 Å². The SMILES string of the molecule is Cc1cc(O)c(N)cc1S(=O)(=O)c1cc(N)c(O)cc1C. The minimum absolute atomic E-state index is 0.00834. The Morgan fingerprint density at radius 3 is 1.48 bits per heavy atom. The average molecular weight is 308 g/mol. The summed E-state index contributed by atoms with van der Waals surface area (Å²) in [4.78, 5) is -0.0167. The highest BCUT2D eigenvalue weighted by Gasteiger charge is 2.24. The predicted octanol–water partition coefficient (Wildman–Crippen LogP) is 1.71. The van der Waals surface area contributed by atoms with Crippen LogP contribution in [0.5, 0.6) is 11.5 Å². The number of hydrogen-bond acceptors (Lipinski definition) is 6. The maximum atomic E-state index is 12.7. The fraction of sp³-hybridized carbons (Fsp3) is 0.143. The average Bonchev–Trinajstić information content (AvgIpc) is 2.37. The first-order valence-corrected chi connectivity index (χ1v) is 7.56. The van der Waals surface area contributed by atoms with Crippen molar-refractivity contribution in [2.45, 2.75) is 23.6 Å². The fourth-order valence-corrected chi connectivity index (χ4v) is 3.84. The summed E-state index contributed by atoms with van der Waals surface area (Å²) in [6, 6.07) is 5.01. The molecule has 0 radical (unpaired) electrons. The highest BCUT2D eigenvalue weighted by molar-refractivity contribution is 7.91. The van der Waals surface area contributed by atoms with Gasteiger partial charge in [-0.1, -0.05) is 0 Å². The highest BCUT2D eigenvalue weighted by atomic mass is 32.2. The zero-order valence-corrected chi connectivity index (χ0v) is 12.4. The molecule has 0 bridgehead atoms. The van der Waals surface area contributed by atoms with Crippen molar-refractivity contribution < 1.29 is 18.6 Å². The van der Waals surface area contributed by atoms with E-state index >= 15 is 0 Å². The van der Waals surface area contributed by atoms with E-state index in [1.165, 1.54) is 24.3 Å². The number of rotatable bonds is 2. The van der Waals surface area contributed by atoms with Crippen LogP contribution < -0.4 is 11.5 Å². The van der Waals surface area contributed by atoms with Gasteiger partial charge in [-0.05, 0) is 49.2 Å². The molecule has 2 aromatic carbocycles. The van der Waals surface area contributed by atoms with Crippen molar-refractivity contribution in [1.82, 2.24) is 0 Å². The minimum atomic E-state index is -3.86. The largest absolute Gasteiger partial charge is 0.506 e. The van der Waals surface area contributed by atoms with Crippen LogP contribution in [0.15, 0.2) is 34.1 Å². The Balaban J connectivity index is 2.74. The summed E-state index contributed by atoms with van der Waals surface area (Å²) in [6.45, 7) is 3.12. The second kappa shape index (κ2) is 4.85. The number of benzene rings is 2. The van der Waals surface area contributed by atoms with Crippen LogP contribution in [-0.2, 0) is 9.84 Å². The molecule has 0 amide bonds. The van der Waals surface area contributed by atoms with Crippen molar-refractivity contribution in [3.8, 4) is 11.5 Å². The molecule has 0 spiro atoms. The lowest BCUT2D eigenvalue weighted by molar-refractivity contribution is 0.476. The van der Waals surface area contributed by atoms with Crippen LogP contribution in [0.3, 0.4) is 0 Å². The fourth-order valence-electron chi connectivity index (χ4n) is 2.07. The zero-order valence-electron chi connectivity index (χ0n) is 11.6. The Morgan fingerprint density at radius 1 is 0.810 bits per heavy atom. The van der Waals surface area contributed by atoms with Crippen molar-refractivity contribution >= 4 is 21.2 Å². The number of aryl methyl sites for hydroxylation is 2. The maximum Gasteiger partial charge on any atom is 0.207 e. The summed E-state index contributed by atoms with van der Waals surface area (Å²) >= 11 is 0. The summed E-state index contributed by atoms with van der Waals surface area (Å²) in [6.07, 6.45) is 0. The molecule has 2 aromatic rings. The second-order valence-corrected chi connectivity index (χ2v) is 6.74. The molecule has 21 heavy (non-hydrogen) atoms. The van der Waals surface area contributed by atoms with E-state index in [0.29, 0.717) is 11.1 Å². The summed E-state index contributed by atoms with van der Waals surface area (Å²) < 4.78 is 25.5. The highest BCUT2D eigenvalue weighted by Crippen LogP contribution is 2.34. The van der Waals surface area contributed by atoms with E-state index in [1.54, 1.807) is 13.8 Å². The van der Waals surface area contributed by atoms with E-state index in [4.69, 9.17) is 11.5 Å². The molecule has 0 fully saturated rings. The molecule has 2 rings (SSSR count). The number of nitrogen functional groups attached to an aromatic ring is 2. The number of hydrogen-bond donors (Lipinski definition) is 4. The van der Waals surface area contributed by atoms with Gasteiger partial charge < -0.3 is 21.7 Å². The number of phenolic OH excluding ortho intramolecular Hbond substituents is 2. The topological polar surface area (TPSA) is 127 Å². The third-order valence-electron chi connectivity index (χ3n) is 3.23. The van der Waals surface area contributed by atoms with Crippen molar-refractivity contribution in [3.63, 3.8) is 0 Å². The number of aromatic hydroxyl groups is 2. The van der Waals surface area contributed by atoms with Gasteiger partial charge >= 0.3 is 0 Å². The van der Waals surface area contributed by atoms with Gasteiger partial charge in [0.05, 0.1) is 21.2 Å². The second-order valence-electron chi connectivity index (χ2n) is 4.86. The van der Waals surface area contributed by atoms with Crippen LogP contribution >= 0.6 is 0 Å². The molecule has 0 saturated carbocycles. The molecule has 0 aromatic heterocycles. The molecule has 7 heteroatoms. The molecule has 6 nitrogen and oxygen atoms in total. The van der Waals surface area contributed by atoms with Crippen LogP contribution in [0.1, 0.15) is 11.1 Å². The standard InChI is InChI=1S/C14H16N2O4S/c1-7-3-11(17)9(15)5-13(7)21(19,20)14-6-10(16)12(18)4-8(14)2/h3-6,17-18H,15-16H2,1-2H3. The first-order chi connectivity index (χ1) is 9.64. The Morgan fingerprint density at radius 2 is 1.14 bits per heavy atom. The molecular formula is C14H16N2O4S. The summed E-state index contributed by atoms with van der Waals surface area (Å²) in [5, 5.41) is 19.0. The molecule has 112 valence electrons. The molecule has 0 heterocycles. The van der Waals surface area contributed by atoms with E-state index in [1.807, 2.05) is 0 Å².